The van der Waals surface area contributed by atoms with Crippen LogP contribution < -0.4 is 5.32 Å². The van der Waals surface area contributed by atoms with E-state index in [1.165, 1.54) is 25.6 Å². The van der Waals surface area contributed by atoms with Gasteiger partial charge in [0.1, 0.15) is 15.9 Å². The second-order valence-electron chi connectivity index (χ2n) is 4.21. The Labute approximate surface area is 117 Å². The van der Waals surface area contributed by atoms with E-state index in [0.717, 1.165) is 6.26 Å². The highest BCUT2D eigenvalue weighted by Gasteiger charge is 2.23. The van der Waals surface area contributed by atoms with Crippen LogP contribution in [-0.4, -0.2) is 50.4 Å². The zero-order valence-corrected chi connectivity index (χ0v) is 12.0. The Hall–Kier alpha value is -1.96. The Bertz CT molecular complexity index is 571. The van der Waals surface area contributed by atoms with Crippen LogP contribution in [0.15, 0.2) is 24.5 Å². The van der Waals surface area contributed by atoms with Crippen molar-refractivity contribution >= 4 is 21.7 Å². The summed E-state index contributed by atoms with van der Waals surface area (Å²) < 4.78 is 26.8. The normalized spacial score (nSPS) is 12.5. The van der Waals surface area contributed by atoms with E-state index in [9.17, 15) is 18.0 Å². The molecule has 0 saturated carbocycles. The van der Waals surface area contributed by atoms with Crippen molar-refractivity contribution in [2.75, 3.05) is 19.1 Å². The van der Waals surface area contributed by atoms with Crippen molar-refractivity contribution in [3.63, 3.8) is 0 Å². The van der Waals surface area contributed by atoms with Gasteiger partial charge in [0.15, 0.2) is 0 Å². The number of amides is 1. The summed E-state index contributed by atoms with van der Waals surface area (Å²) >= 11 is 0. The Morgan fingerprint density at radius 3 is 2.65 bits per heavy atom. The first-order valence-electron chi connectivity index (χ1n) is 5.80. The van der Waals surface area contributed by atoms with Gasteiger partial charge in [-0.3, -0.25) is 9.78 Å². The van der Waals surface area contributed by atoms with E-state index in [1.54, 1.807) is 6.07 Å². The van der Waals surface area contributed by atoms with E-state index in [4.69, 9.17) is 0 Å². The fourth-order valence-electron chi connectivity index (χ4n) is 1.46. The molecular weight excluding hydrogens is 284 g/mol. The highest BCUT2D eigenvalue weighted by Crippen LogP contribution is 2.02. The molecule has 1 amide bonds. The Morgan fingerprint density at radius 1 is 1.45 bits per heavy atom. The molecule has 8 heteroatoms. The molecule has 1 atom stereocenters. The van der Waals surface area contributed by atoms with Crippen LogP contribution in [0, 0.1) is 0 Å². The van der Waals surface area contributed by atoms with Crippen LogP contribution >= 0.6 is 0 Å². The summed E-state index contributed by atoms with van der Waals surface area (Å²) in [6, 6.07) is 2.11. The number of carbonyl (C=O) groups excluding carboxylic acids is 2. The quantitative estimate of drug-likeness (QED) is 0.729. The zero-order valence-electron chi connectivity index (χ0n) is 11.2. The lowest BCUT2D eigenvalue weighted by molar-refractivity contribution is -0.142. The van der Waals surface area contributed by atoms with Gasteiger partial charge in [0, 0.05) is 18.6 Å². The van der Waals surface area contributed by atoms with E-state index in [1.807, 2.05) is 0 Å². The van der Waals surface area contributed by atoms with Gasteiger partial charge in [0.25, 0.3) is 5.91 Å². The third kappa shape index (κ3) is 5.35. The number of methoxy groups -OCH3 is 1. The highest BCUT2D eigenvalue weighted by atomic mass is 32.2. The van der Waals surface area contributed by atoms with Gasteiger partial charge in [0.2, 0.25) is 0 Å². The molecule has 0 aliphatic heterocycles. The molecule has 0 radical (unpaired) electrons. The third-order valence-corrected chi connectivity index (χ3v) is 3.47. The molecule has 0 aromatic carbocycles. The molecule has 1 aromatic heterocycles. The number of sulfone groups is 1. The van der Waals surface area contributed by atoms with E-state index in [0.29, 0.717) is 0 Å². The van der Waals surface area contributed by atoms with E-state index < -0.39 is 27.8 Å². The maximum atomic E-state index is 11.9. The average Bonchev–Trinajstić information content (AvgIpc) is 2.42. The molecule has 0 spiro atoms. The monoisotopic (exact) mass is 300 g/mol. The molecule has 1 heterocycles. The van der Waals surface area contributed by atoms with Gasteiger partial charge in [-0.15, -0.1) is 0 Å². The summed E-state index contributed by atoms with van der Waals surface area (Å²) in [5.74, 6) is -1.42. The van der Waals surface area contributed by atoms with E-state index in [2.05, 4.69) is 15.0 Å². The van der Waals surface area contributed by atoms with Crippen molar-refractivity contribution in [1.29, 1.82) is 0 Å². The van der Waals surface area contributed by atoms with Crippen molar-refractivity contribution in [2.24, 2.45) is 0 Å². The van der Waals surface area contributed by atoms with Crippen LogP contribution in [0.1, 0.15) is 16.8 Å². The topological polar surface area (TPSA) is 102 Å². The van der Waals surface area contributed by atoms with Gasteiger partial charge in [-0.05, 0) is 18.6 Å². The summed E-state index contributed by atoms with van der Waals surface area (Å²) in [4.78, 5) is 27.2. The van der Waals surface area contributed by atoms with Gasteiger partial charge < -0.3 is 10.1 Å². The summed E-state index contributed by atoms with van der Waals surface area (Å²) in [6.07, 6.45) is 3.88. The molecule has 1 unspecified atom stereocenters. The molecule has 0 saturated heterocycles. The number of esters is 1. The second-order valence-corrected chi connectivity index (χ2v) is 6.47. The third-order valence-electron chi connectivity index (χ3n) is 2.49. The number of aromatic nitrogens is 1. The standard InChI is InChI=1S/C12H16N2O5S/c1-19-12(16)10(5-7-20(2,17)18)14-11(15)9-4-3-6-13-8-9/h3-4,6,8,10H,5,7H2,1-2H3,(H,14,15). The van der Waals surface area contributed by atoms with Gasteiger partial charge in [-0.25, -0.2) is 13.2 Å². The van der Waals surface area contributed by atoms with Crippen molar-refractivity contribution in [3.8, 4) is 0 Å². The lowest BCUT2D eigenvalue weighted by Crippen LogP contribution is -2.42. The second kappa shape index (κ2) is 6.99. The molecule has 110 valence electrons. The van der Waals surface area contributed by atoms with Gasteiger partial charge in [-0.1, -0.05) is 0 Å². The minimum Gasteiger partial charge on any atom is -0.467 e. The van der Waals surface area contributed by atoms with Crippen LogP contribution in [-0.2, 0) is 19.4 Å². The molecule has 0 aliphatic rings. The lowest BCUT2D eigenvalue weighted by Gasteiger charge is -2.15. The van der Waals surface area contributed by atoms with Gasteiger partial charge in [-0.2, -0.15) is 0 Å². The van der Waals surface area contributed by atoms with Crippen molar-refractivity contribution in [2.45, 2.75) is 12.5 Å². The molecule has 0 bridgehead atoms. The number of rotatable bonds is 6. The number of nitrogens with one attached hydrogen (secondary N) is 1. The Kier molecular flexibility index (Phi) is 5.63. The molecule has 1 N–H and O–H groups in total. The molecule has 7 nitrogen and oxygen atoms in total. The average molecular weight is 300 g/mol. The largest absolute Gasteiger partial charge is 0.467 e. The predicted octanol–water partition coefficient (Wildman–Crippen LogP) is -0.212. The first-order valence-corrected chi connectivity index (χ1v) is 7.86. The number of carbonyl (C=O) groups is 2. The number of pyridine rings is 1. The van der Waals surface area contributed by atoms with Gasteiger partial charge in [0.05, 0.1) is 18.4 Å². The number of hydrogen-bond donors (Lipinski definition) is 1. The summed E-state index contributed by atoms with van der Waals surface area (Å²) in [7, 11) is -2.06. The fraction of sp³-hybridized carbons (Fsp3) is 0.417. The molecule has 0 aliphatic carbocycles. The lowest BCUT2D eigenvalue weighted by atomic mass is 10.2. The van der Waals surface area contributed by atoms with Crippen LogP contribution in [0.5, 0.6) is 0 Å². The van der Waals surface area contributed by atoms with Crippen LogP contribution in [0.2, 0.25) is 0 Å². The first-order chi connectivity index (χ1) is 9.33. The molecule has 1 aromatic rings. The number of nitrogens with zero attached hydrogens (tertiary/aromatic N) is 1. The molecule has 20 heavy (non-hydrogen) atoms. The summed E-state index contributed by atoms with van der Waals surface area (Å²) in [6.45, 7) is 0. The predicted molar refractivity (Wildman–Crippen MR) is 71.8 cm³/mol. The summed E-state index contributed by atoms with van der Waals surface area (Å²) in [5, 5.41) is 2.44. The smallest absolute Gasteiger partial charge is 0.328 e. The highest BCUT2D eigenvalue weighted by molar-refractivity contribution is 7.90. The van der Waals surface area contributed by atoms with Crippen molar-refractivity contribution in [3.05, 3.63) is 30.1 Å². The van der Waals surface area contributed by atoms with Crippen LogP contribution in [0.25, 0.3) is 0 Å². The molecular formula is C12H16N2O5S. The van der Waals surface area contributed by atoms with Crippen molar-refractivity contribution < 1.29 is 22.7 Å². The minimum atomic E-state index is -3.23. The van der Waals surface area contributed by atoms with E-state index in [-0.39, 0.29) is 17.7 Å². The number of ether oxygens (including phenoxy) is 1. The van der Waals surface area contributed by atoms with Crippen molar-refractivity contribution in [1.82, 2.24) is 10.3 Å². The first kappa shape index (κ1) is 16.1. The summed E-state index contributed by atoms with van der Waals surface area (Å²) in [5.41, 5.74) is 0.278. The molecule has 1 rings (SSSR count). The number of hydrogen-bond acceptors (Lipinski definition) is 6. The minimum absolute atomic E-state index is 0.0441. The SMILES string of the molecule is COC(=O)C(CCS(C)(=O)=O)NC(=O)c1cccnc1. The zero-order chi connectivity index (χ0) is 15.2. The van der Waals surface area contributed by atoms with Crippen LogP contribution in [0.3, 0.4) is 0 Å². The Morgan fingerprint density at radius 2 is 2.15 bits per heavy atom. The maximum Gasteiger partial charge on any atom is 0.328 e. The molecule has 0 fully saturated rings. The maximum absolute atomic E-state index is 11.9. The Balaban J connectivity index is 2.75. The van der Waals surface area contributed by atoms with E-state index >= 15 is 0 Å². The fourth-order valence-corrected chi connectivity index (χ4v) is 2.13. The van der Waals surface area contributed by atoms with Gasteiger partial charge >= 0.3 is 5.97 Å². The van der Waals surface area contributed by atoms with Crippen LogP contribution in [0.4, 0.5) is 0 Å².